The molecular formula is C25H26O3. The molecule has 0 saturated heterocycles. The zero-order valence-corrected chi connectivity index (χ0v) is 16.8. The molecule has 3 heteroatoms. The van der Waals surface area contributed by atoms with E-state index in [2.05, 4.69) is 32.6 Å². The third kappa shape index (κ3) is 2.90. The molecule has 1 fully saturated rings. The van der Waals surface area contributed by atoms with Crippen molar-refractivity contribution in [2.24, 2.45) is 0 Å². The largest absolute Gasteiger partial charge is 0.465 e. The number of methoxy groups -OCH3 is 1. The quantitative estimate of drug-likeness (QED) is 0.528. The molecule has 0 N–H and O–H groups in total. The number of ether oxygens (including phenoxy) is 1. The van der Waals surface area contributed by atoms with Crippen molar-refractivity contribution >= 4 is 17.8 Å². The van der Waals surface area contributed by atoms with Gasteiger partial charge in [0.2, 0.25) is 0 Å². The first kappa shape index (κ1) is 18.7. The molecule has 2 aromatic rings. The highest BCUT2D eigenvalue weighted by Crippen LogP contribution is 2.59. The van der Waals surface area contributed by atoms with Gasteiger partial charge >= 0.3 is 5.97 Å². The summed E-state index contributed by atoms with van der Waals surface area (Å²) in [4.78, 5) is 24.9. The van der Waals surface area contributed by atoms with Gasteiger partial charge in [-0.3, -0.25) is 4.79 Å². The minimum absolute atomic E-state index is 0.0340. The maximum atomic E-state index is 13.3. The van der Waals surface area contributed by atoms with Gasteiger partial charge in [-0.15, -0.1) is 0 Å². The van der Waals surface area contributed by atoms with Crippen molar-refractivity contribution in [3.63, 3.8) is 0 Å². The van der Waals surface area contributed by atoms with E-state index >= 15 is 0 Å². The van der Waals surface area contributed by atoms with E-state index in [9.17, 15) is 9.59 Å². The molecule has 0 heterocycles. The van der Waals surface area contributed by atoms with Crippen LogP contribution in [0.5, 0.6) is 0 Å². The zero-order valence-electron chi connectivity index (χ0n) is 16.8. The second kappa shape index (κ2) is 6.44. The monoisotopic (exact) mass is 374 g/mol. The standard InChI is InChI=1S/C25H26O3/c1-5-16-14-20-21(25(12-13-25)11-10-24(20,2)3)15-19(16)22(26)17-6-8-18(9-7-17)23(27)28-4/h5-9,14-15H,1,10-13H2,2-4H3. The minimum Gasteiger partial charge on any atom is -0.465 e. The number of carbonyl (C=O) groups excluding carboxylic acids is 2. The topological polar surface area (TPSA) is 43.4 Å². The van der Waals surface area contributed by atoms with Gasteiger partial charge in [0.05, 0.1) is 12.7 Å². The van der Waals surface area contributed by atoms with Crippen LogP contribution in [0.4, 0.5) is 0 Å². The Morgan fingerprint density at radius 3 is 2.14 bits per heavy atom. The van der Waals surface area contributed by atoms with Crippen molar-refractivity contribution in [3.8, 4) is 0 Å². The minimum atomic E-state index is -0.405. The van der Waals surface area contributed by atoms with Crippen molar-refractivity contribution in [1.29, 1.82) is 0 Å². The zero-order chi connectivity index (χ0) is 20.1. The van der Waals surface area contributed by atoms with E-state index in [4.69, 9.17) is 4.74 Å². The lowest BCUT2D eigenvalue weighted by atomic mass is 9.66. The van der Waals surface area contributed by atoms with Crippen molar-refractivity contribution in [2.45, 2.75) is 50.4 Å². The average molecular weight is 374 g/mol. The maximum absolute atomic E-state index is 13.3. The molecular weight excluding hydrogens is 348 g/mol. The van der Waals surface area contributed by atoms with Gasteiger partial charge in [-0.05, 0) is 71.4 Å². The van der Waals surface area contributed by atoms with Gasteiger partial charge in [0, 0.05) is 11.1 Å². The van der Waals surface area contributed by atoms with E-state index in [1.54, 1.807) is 30.3 Å². The molecule has 0 atom stereocenters. The SMILES string of the molecule is C=Cc1cc2c(cc1C(=O)c1ccc(C(=O)OC)cc1)C1(CCC2(C)C)CC1. The van der Waals surface area contributed by atoms with Crippen LogP contribution in [0.2, 0.25) is 0 Å². The number of rotatable bonds is 4. The van der Waals surface area contributed by atoms with E-state index in [1.165, 1.54) is 43.9 Å². The summed E-state index contributed by atoms with van der Waals surface area (Å²) in [5.41, 5.74) is 5.68. The first-order valence-corrected chi connectivity index (χ1v) is 9.86. The van der Waals surface area contributed by atoms with Gasteiger partial charge in [-0.25, -0.2) is 4.79 Å². The van der Waals surface area contributed by atoms with Gasteiger partial charge in [0.25, 0.3) is 0 Å². The second-order valence-corrected chi connectivity index (χ2v) is 8.75. The summed E-state index contributed by atoms with van der Waals surface area (Å²) in [5, 5.41) is 0. The average Bonchev–Trinajstić information content (AvgIpc) is 3.50. The van der Waals surface area contributed by atoms with E-state index < -0.39 is 5.97 Å². The van der Waals surface area contributed by atoms with Crippen molar-refractivity contribution in [2.75, 3.05) is 7.11 Å². The Kier molecular flexibility index (Phi) is 4.29. The molecule has 0 unspecified atom stereocenters. The van der Waals surface area contributed by atoms with E-state index in [-0.39, 0.29) is 16.6 Å². The highest BCUT2D eigenvalue weighted by molar-refractivity contribution is 6.11. The number of hydrogen-bond donors (Lipinski definition) is 0. The fraction of sp³-hybridized carbons (Fsp3) is 0.360. The summed E-state index contributed by atoms with van der Waals surface area (Å²) in [5.74, 6) is -0.439. The Balaban J connectivity index is 1.79. The van der Waals surface area contributed by atoms with Crippen LogP contribution in [0.1, 0.15) is 82.5 Å². The smallest absolute Gasteiger partial charge is 0.337 e. The molecule has 28 heavy (non-hydrogen) atoms. The molecule has 0 aromatic heterocycles. The molecule has 144 valence electrons. The maximum Gasteiger partial charge on any atom is 0.337 e. The van der Waals surface area contributed by atoms with Crippen LogP contribution in [-0.2, 0) is 15.6 Å². The molecule has 1 spiro atoms. The number of fused-ring (bicyclic) bond motifs is 2. The molecule has 3 nitrogen and oxygen atoms in total. The van der Waals surface area contributed by atoms with Crippen molar-refractivity contribution < 1.29 is 14.3 Å². The highest BCUT2D eigenvalue weighted by atomic mass is 16.5. The summed E-state index contributed by atoms with van der Waals surface area (Å²) < 4.78 is 4.73. The third-order valence-electron chi connectivity index (χ3n) is 6.60. The first-order chi connectivity index (χ1) is 13.3. The number of hydrogen-bond acceptors (Lipinski definition) is 3. The molecule has 2 aromatic carbocycles. The van der Waals surface area contributed by atoms with E-state index in [0.717, 1.165) is 5.56 Å². The van der Waals surface area contributed by atoms with Gasteiger partial charge in [-0.2, -0.15) is 0 Å². The van der Waals surface area contributed by atoms with Crippen LogP contribution < -0.4 is 0 Å². The summed E-state index contributed by atoms with van der Waals surface area (Å²) in [6.07, 6.45) is 6.58. The lowest BCUT2D eigenvalue weighted by Crippen LogP contribution is -2.30. The molecule has 4 rings (SSSR count). The molecule has 1 saturated carbocycles. The number of benzene rings is 2. The summed E-state index contributed by atoms with van der Waals surface area (Å²) in [6, 6.07) is 11.0. The molecule has 0 bridgehead atoms. The number of esters is 1. The van der Waals surface area contributed by atoms with Crippen LogP contribution in [-0.4, -0.2) is 18.9 Å². The van der Waals surface area contributed by atoms with Crippen LogP contribution in [0.25, 0.3) is 6.08 Å². The Bertz CT molecular complexity index is 976. The second-order valence-electron chi connectivity index (χ2n) is 8.75. The fourth-order valence-corrected chi connectivity index (χ4v) is 4.50. The lowest BCUT2D eigenvalue weighted by molar-refractivity contribution is 0.0600. The molecule has 2 aliphatic rings. The number of carbonyl (C=O) groups is 2. The van der Waals surface area contributed by atoms with Gasteiger partial charge in [-0.1, -0.05) is 44.7 Å². The Morgan fingerprint density at radius 2 is 1.57 bits per heavy atom. The summed E-state index contributed by atoms with van der Waals surface area (Å²) in [6.45, 7) is 8.54. The van der Waals surface area contributed by atoms with Gasteiger partial charge in [0.15, 0.2) is 5.78 Å². The molecule has 0 amide bonds. The van der Waals surface area contributed by atoms with Crippen LogP contribution in [0.15, 0.2) is 43.0 Å². The van der Waals surface area contributed by atoms with E-state index in [0.29, 0.717) is 16.7 Å². The Labute approximate surface area is 166 Å². The normalized spacial score (nSPS) is 18.2. The summed E-state index contributed by atoms with van der Waals surface area (Å²) in [7, 11) is 1.35. The van der Waals surface area contributed by atoms with Crippen molar-refractivity contribution in [1.82, 2.24) is 0 Å². The van der Waals surface area contributed by atoms with Crippen LogP contribution in [0, 0.1) is 0 Å². The van der Waals surface area contributed by atoms with Gasteiger partial charge in [0.1, 0.15) is 0 Å². The predicted octanol–water partition coefficient (Wildman–Crippen LogP) is 5.45. The van der Waals surface area contributed by atoms with Gasteiger partial charge < -0.3 is 4.74 Å². The van der Waals surface area contributed by atoms with E-state index in [1.807, 2.05) is 0 Å². The molecule has 2 aliphatic carbocycles. The molecule has 0 radical (unpaired) electrons. The fourth-order valence-electron chi connectivity index (χ4n) is 4.50. The van der Waals surface area contributed by atoms with Crippen molar-refractivity contribution in [3.05, 3.63) is 76.4 Å². The molecule has 0 aliphatic heterocycles. The third-order valence-corrected chi connectivity index (χ3v) is 6.60. The summed E-state index contributed by atoms with van der Waals surface area (Å²) >= 11 is 0. The Hall–Kier alpha value is -2.68. The van der Waals surface area contributed by atoms with Crippen LogP contribution in [0.3, 0.4) is 0 Å². The lowest BCUT2D eigenvalue weighted by Gasteiger charge is -2.38. The first-order valence-electron chi connectivity index (χ1n) is 9.86. The van der Waals surface area contributed by atoms with Crippen LogP contribution >= 0.6 is 0 Å². The number of ketones is 1. The highest BCUT2D eigenvalue weighted by Gasteiger charge is 2.50. The Morgan fingerprint density at radius 1 is 0.964 bits per heavy atom. The predicted molar refractivity (Wildman–Crippen MR) is 111 cm³/mol.